The number of nitrogens with zero attached hydrogens (tertiary/aromatic N) is 3. The van der Waals surface area contributed by atoms with E-state index < -0.39 is 0 Å². The number of H-pyrrole nitrogens is 1. The average molecular weight is 341 g/mol. The number of benzene rings is 1. The molecule has 2 heterocycles. The van der Waals surface area contributed by atoms with Gasteiger partial charge in [0.15, 0.2) is 0 Å². The van der Waals surface area contributed by atoms with Gasteiger partial charge in [-0.15, -0.1) is 11.3 Å². The summed E-state index contributed by atoms with van der Waals surface area (Å²) < 4.78 is 0. The largest absolute Gasteiger partial charge is 0.334 e. The van der Waals surface area contributed by atoms with Crippen LogP contribution in [0.1, 0.15) is 25.9 Å². The Morgan fingerprint density at radius 3 is 2.88 bits per heavy atom. The molecule has 122 valence electrons. The molecule has 0 spiro atoms. The molecule has 7 nitrogen and oxygen atoms in total. The fourth-order valence-electron chi connectivity index (χ4n) is 2.15. The van der Waals surface area contributed by atoms with Crippen molar-refractivity contribution in [1.82, 2.24) is 20.1 Å². The molecule has 0 aliphatic heterocycles. The van der Waals surface area contributed by atoms with Gasteiger partial charge in [-0.3, -0.25) is 14.7 Å². The Hall–Kier alpha value is -3.00. The lowest BCUT2D eigenvalue weighted by atomic mass is 10.1. The van der Waals surface area contributed by atoms with Crippen molar-refractivity contribution in [2.75, 3.05) is 12.4 Å². The monoisotopic (exact) mass is 341 g/mol. The van der Waals surface area contributed by atoms with E-state index in [1.54, 1.807) is 37.4 Å². The lowest BCUT2D eigenvalue weighted by Gasteiger charge is -2.16. The van der Waals surface area contributed by atoms with Gasteiger partial charge in [0.2, 0.25) is 0 Å². The van der Waals surface area contributed by atoms with Crippen molar-refractivity contribution in [2.24, 2.45) is 0 Å². The van der Waals surface area contributed by atoms with Gasteiger partial charge >= 0.3 is 0 Å². The highest BCUT2D eigenvalue weighted by atomic mass is 32.1. The Bertz CT molecular complexity index is 830. The Kier molecular flexibility index (Phi) is 4.66. The first-order valence-electron chi connectivity index (χ1n) is 7.18. The minimum Gasteiger partial charge on any atom is -0.334 e. The third-order valence-corrected chi connectivity index (χ3v) is 4.18. The first kappa shape index (κ1) is 15.9. The SMILES string of the molecule is CN(Cc1ncn[nH]1)C(=O)c1cccc(NC(=O)c2cccs2)c1. The second-order valence-electron chi connectivity index (χ2n) is 5.11. The molecular weight excluding hydrogens is 326 g/mol. The molecule has 0 radical (unpaired) electrons. The summed E-state index contributed by atoms with van der Waals surface area (Å²) in [4.78, 5) is 30.7. The van der Waals surface area contributed by atoms with E-state index in [2.05, 4.69) is 20.5 Å². The van der Waals surface area contributed by atoms with E-state index >= 15 is 0 Å². The molecule has 8 heteroatoms. The molecule has 1 aromatic carbocycles. The molecule has 2 aromatic heterocycles. The van der Waals surface area contributed by atoms with E-state index in [9.17, 15) is 9.59 Å². The summed E-state index contributed by atoms with van der Waals surface area (Å²) >= 11 is 1.36. The highest BCUT2D eigenvalue weighted by Gasteiger charge is 2.14. The number of anilines is 1. The third-order valence-electron chi connectivity index (χ3n) is 3.31. The molecule has 0 bridgehead atoms. The van der Waals surface area contributed by atoms with Crippen LogP contribution >= 0.6 is 11.3 Å². The van der Waals surface area contributed by atoms with E-state index in [-0.39, 0.29) is 11.8 Å². The predicted octanol–water partition coefficient (Wildman–Crippen LogP) is 2.39. The molecule has 2 amide bonds. The van der Waals surface area contributed by atoms with Crippen molar-refractivity contribution in [1.29, 1.82) is 0 Å². The van der Waals surface area contributed by atoms with Crippen LogP contribution in [0, 0.1) is 0 Å². The molecule has 0 unspecified atom stereocenters. The van der Waals surface area contributed by atoms with Crippen molar-refractivity contribution < 1.29 is 9.59 Å². The van der Waals surface area contributed by atoms with E-state index in [1.807, 2.05) is 11.4 Å². The molecule has 0 aliphatic rings. The highest BCUT2D eigenvalue weighted by molar-refractivity contribution is 7.12. The Morgan fingerprint density at radius 1 is 1.29 bits per heavy atom. The minimum absolute atomic E-state index is 0.168. The quantitative estimate of drug-likeness (QED) is 0.745. The molecule has 3 aromatic rings. The number of carbonyl (C=O) groups excluding carboxylic acids is 2. The van der Waals surface area contributed by atoms with Crippen LogP contribution in [0.3, 0.4) is 0 Å². The molecule has 3 rings (SSSR count). The molecule has 24 heavy (non-hydrogen) atoms. The van der Waals surface area contributed by atoms with Crippen molar-refractivity contribution >= 4 is 28.8 Å². The van der Waals surface area contributed by atoms with Crippen molar-refractivity contribution in [3.63, 3.8) is 0 Å². The minimum atomic E-state index is -0.190. The molecule has 0 atom stereocenters. The van der Waals surface area contributed by atoms with Crippen LogP contribution in [0.15, 0.2) is 48.1 Å². The number of carbonyl (C=O) groups is 2. The van der Waals surface area contributed by atoms with Crippen LogP contribution in [-0.2, 0) is 6.54 Å². The number of nitrogens with one attached hydrogen (secondary N) is 2. The second kappa shape index (κ2) is 7.05. The summed E-state index contributed by atoms with van der Waals surface area (Å²) in [7, 11) is 1.68. The number of rotatable bonds is 5. The van der Waals surface area contributed by atoms with Crippen LogP contribution in [0.2, 0.25) is 0 Å². The highest BCUT2D eigenvalue weighted by Crippen LogP contribution is 2.16. The molecule has 2 N–H and O–H groups in total. The lowest BCUT2D eigenvalue weighted by Crippen LogP contribution is -2.26. The summed E-state index contributed by atoms with van der Waals surface area (Å²) in [5, 5.41) is 11.1. The van der Waals surface area contributed by atoms with Crippen molar-refractivity contribution in [3.8, 4) is 0 Å². The number of thiophene rings is 1. The van der Waals surface area contributed by atoms with Crippen LogP contribution < -0.4 is 5.32 Å². The van der Waals surface area contributed by atoms with Gasteiger partial charge in [-0.05, 0) is 29.6 Å². The standard InChI is InChI=1S/C16H15N5O2S/c1-21(9-14-17-10-18-20-14)16(23)11-4-2-5-12(8-11)19-15(22)13-6-3-7-24-13/h2-8,10H,9H2,1H3,(H,19,22)(H,17,18,20). The Balaban J connectivity index is 1.70. The molecular formula is C16H15N5O2S. The van der Waals surface area contributed by atoms with Crippen molar-refractivity contribution in [2.45, 2.75) is 6.54 Å². The zero-order chi connectivity index (χ0) is 16.9. The first-order chi connectivity index (χ1) is 11.6. The van der Waals surface area contributed by atoms with Gasteiger partial charge in [0.1, 0.15) is 12.2 Å². The van der Waals surface area contributed by atoms with Crippen LogP contribution in [-0.4, -0.2) is 38.9 Å². The van der Waals surface area contributed by atoms with Gasteiger partial charge in [-0.1, -0.05) is 12.1 Å². The van der Waals surface area contributed by atoms with Crippen LogP contribution in [0.25, 0.3) is 0 Å². The fraction of sp³-hybridized carbons (Fsp3) is 0.125. The molecule has 0 aliphatic carbocycles. The van der Waals surface area contributed by atoms with E-state index in [0.717, 1.165) is 0 Å². The van der Waals surface area contributed by atoms with E-state index in [0.29, 0.717) is 28.5 Å². The van der Waals surface area contributed by atoms with Gasteiger partial charge in [0, 0.05) is 18.3 Å². The van der Waals surface area contributed by atoms with Gasteiger partial charge in [0.05, 0.1) is 11.4 Å². The zero-order valence-electron chi connectivity index (χ0n) is 12.9. The van der Waals surface area contributed by atoms with Gasteiger partial charge < -0.3 is 10.2 Å². The third kappa shape index (κ3) is 3.66. The molecule has 0 saturated heterocycles. The van der Waals surface area contributed by atoms with Gasteiger partial charge in [0.25, 0.3) is 11.8 Å². The first-order valence-corrected chi connectivity index (χ1v) is 8.06. The summed E-state index contributed by atoms with van der Waals surface area (Å²) in [5.74, 6) is 0.247. The number of aromatic nitrogens is 3. The maximum atomic E-state index is 12.5. The molecule has 0 fully saturated rings. The van der Waals surface area contributed by atoms with Crippen LogP contribution in [0.5, 0.6) is 0 Å². The molecule has 0 saturated carbocycles. The van der Waals surface area contributed by atoms with Crippen LogP contribution in [0.4, 0.5) is 5.69 Å². The zero-order valence-corrected chi connectivity index (χ0v) is 13.7. The normalized spacial score (nSPS) is 10.4. The summed E-state index contributed by atoms with van der Waals surface area (Å²) in [5.41, 5.74) is 1.06. The number of hydrogen-bond donors (Lipinski definition) is 2. The van der Waals surface area contributed by atoms with Gasteiger partial charge in [-0.25, -0.2) is 4.98 Å². The summed E-state index contributed by atoms with van der Waals surface area (Å²) in [6.45, 7) is 0.324. The fourth-order valence-corrected chi connectivity index (χ4v) is 2.77. The smallest absolute Gasteiger partial charge is 0.265 e. The van der Waals surface area contributed by atoms with Crippen molar-refractivity contribution in [3.05, 3.63) is 64.4 Å². The number of amides is 2. The maximum Gasteiger partial charge on any atom is 0.265 e. The summed E-state index contributed by atoms with van der Waals surface area (Å²) in [6.07, 6.45) is 1.40. The second-order valence-corrected chi connectivity index (χ2v) is 6.05. The Labute approximate surface area is 142 Å². The van der Waals surface area contributed by atoms with E-state index in [4.69, 9.17) is 0 Å². The lowest BCUT2D eigenvalue weighted by molar-refractivity contribution is 0.0781. The van der Waals surface area contributed by atoms with E-state index in [1.165, 1.54) is 22.6 Å². The van der Waals surface area contributed by atoms with Gasteiger partial charge in [-0.2, -0.15) is 5.10 Å². The average Bonchev–Trinajstić information content (AvgIpc) is 3.28. The number of hydrogen-bond acceptors (Lipinski definition) is 5. The Morgan fingerprint density at radius 2 is 2.17 bits per heavy atom. The maximum absolute atomic E-state index is 12.5. The number of aromatic amines is 1. The summed E-state index contributed by atoms with van der Waals surface area (Å²) in [6, 6.07) is 10.4. The topological polar surface area (TPSA) is 91.0 Å². The predicted molar refractivity (Wildman–Crippen MR) is 90.9 cm³/mol.